The van der Waals surface area contributed by atoms with E-state index < -0.39 is 0 Å². The van der Waals surface area contributed by atoms with Gasteiger partial charge in [0.05, 0.1) is 0 Å². The zero-order valence-corrected chi connectivity index (χ0v) is 8.97. The van der Waals surface area contributed by atoms with Crippen molar-refractivity contribution in [2.24, 2.45) is 5.73 Å². The predicted molar refractivity (Wildman–Crippen MR) is 61.5 cm³/mol. The Morgan fingerprint density at radius 3 is 2.19 bits per heavy atom. The third-order valence-corrected chi connectivity index (χ3v) is 2.81. The average molecular weight is 221 g/mol. The maximum Gasteiger partial charge on any atom is 0.314 e. The summed E-state index contributed by atoms with van der Waals surface area (Å²) in [7, 11) is 0. The lowest BCUT2D eigenvalue weighted by molar-refractivity contribution is 0.204. The number of nitrogens with two attached hydrogens (primary N) is 1. The molecule has 1 aromatic rings. The lowest BCUT2D eigenvalue weighted by Gasteiger charge is -2.35. The molecule has 0 aliphatic carbocycles. The first-order valence-corrected chi connectivity index (χ1v) is 5.25. The van der Waals surface area contributed by atoms with Gasteiger partial charge < -0.3 is 20.6 Å². The summed E-state index contributed by atoms with van der Waals surface area (Å²) >= 11 is 0. The van der Waals surface area contributed by atoms with E-state index in [0.717, 1.165) is 18.8 Å². The summed E-state index contributed by atoms with van der Waals surface area (Å²) in [5.74, 6) is 0.263. The molecular formula is C11H15N3O2. The molecule has 0 atom stereocenters. The molecule has 3 N–H and O–H groups in total. The van der Waals surface area contributed by atoms with E-state index in [0.29, 0.717) is 13.1 Å². The molecule has 2 rings (SSSR count). The number of rotatable bonds is 1. The van der Waals surface area contributed by atoms with Crippen LogP contribution in [0.4, 0.5) is 10.5 Å². The molecular weight excluding hydrogens is 206 g/mol. The van der Waals surface area contributed by atoms with E-state index in [-0.39, 0.29) is 11.8 Å². The number of primary amides is 1. The molecule has 2 amide bonds. The van der Waals surface area contributed by atoms with Gasteiger partial charge in [0.15, 0.2) is 0 Å². The molecule has 86 valence electrons. The van der Waals surface area contributed by atoms with E-state index in [9.17, 15) is 9.90 Å². The van der Waals surface area contributed by atoms with Crippen LogP contribution >= 0.6 is 0 Å². The number of piperazine rings is 1. The van der Waals surface area contributed by atoms with Crippen LogP contribution < -0.4 is 10.6 Å². The average Bonchev–Trinajstić information content (AvgIpc) is 2.30. The zero-order chi connectivity index (χ0) is 11.5. The SMILES string of the molecule is NC(=O)N1CCN(c2ccc(O)cc2)CC1. The number of hydrogen-bond donors (Lipinski definition) is 2. The Balaban J connectivity index is 1.99. The second kappa shape index (κ2) is 4.30. The number of hydrogen-bond acceptors (Lipinski definition) is 3. The van der Waals surface area contributed by atoms with E-state index in [1.807, 2.05) is 12.1 Å². The molecule has 1 aliphatic rings. The molecule has 0 radical (unpaired) electrons. The fraction of sp³-hybridized carbons (Fsp3) is 0.364. The lowest BCUT2D eigenvalue weighted by atomic mass is 10.2. The quantitative estimate of drug-likeness (QED) is 0.729. The van der Waals surface area contributed by atoms with Crippen molar-refractivity contribution in [3.05, 3.63) is 24.3 Å². The van der Waals surface area contributed by atoms with Crippen molar-refractivity contribution >= 4 is 11.7 Å². The van der Waals surface area contributed by atoms with E-state index in [4.69, 9.17) is 5.73 Å². The smallest absolute Gasteiger partial charge is 0.314 e. The van der Waals surface area contributed by atoms with Gasteiger partial charge in [0, 0.05) is 31.9 Å². The molecule has 0 spiro atoms. The molecule has 0 aromatic heterocycles. The first-order chi connectivity index (χ1) is 7.66. The summed E-state index contributed by atoms with van der Waals surface area (Å²) in [5.41, 5.74) is 6.26. The molecule has 0 bridgehead atoms. The van der Waals surface area contributed by atoms with Crippen LogP contribution in [0.5, 0.6) is 5.75 Å². The van der Waals surface area contributed by atoms with Crippen LogP contribution in [0.2, 0.25) is 0 Å². The fourth-order valence-electron chi connectivity index (χ4n) is 1.85. The number of anilines is 1. The minimum Gasteiger partial charge on any atom is -0.508 e. The van der Waals surface area contributed by atoms with Crippen molar-refractivity contribution in [2.45, 2.75) is 0 Å². The van der Waals surface area contributed by atoms with Crippen molar-refractivity contribution in [2.75, 3.05) is 31.1 Å². The van der Waals surface area contributed by atoms with Crippen LogP contribution in [-0.2, 0) is 0 Å². The van der Waals surface area contributed by atoms with Gasteiger partial charge in [-0.1, -0.05) is 0 Å². The number of nitrogens with zero attached hydrogens (tertiary/aromatic N) is 2. The normalized spacial score (nSPS) is 16.2. The standard InChI is InChI=1S/C11H15N3O2/c12-11(16)14-7-5-13(6-8-14)9-1-3-10(15)4-2-9/h1-4,15H,5-8H2,(H2,12,16). The summed E-state index contributed by atoms with van der Waals surface area (Å²) in [6, 6.07) is 6.71. The first-order valence-electron chi connectivity index (χ1n) is 5.25. The van der Waals surface area contributed by atoms with Gasteiger partial charge in [-0.3, -0.25) is 0 Å². The molecule has 5 heteroatoms. The van der Waals surface area contributed by atoms with Gasteiger partial charge in [-0.2, -0.15) is 0 Å². The Morgan fingerprint density at radius 2 is 1.69 bits per heavy atom. The summed E-state index contributed by atoms with van der Waals surface area (Å²) in [5, 5.41) is 9.18. The first kappa shape index (κ1) is 10.6. The highest BCUT2D eigenvalue weighted by Gasteiger charge is 2.18. The molecule has 1 saturated heterocycles. The lowest BCUT2D eigenvalue weighted by Crippen LogP contribution is -2.50. The molecule has 16 heavy (non-hydrogen) atoms. The van der Waals surface area contributed by atoms with Gasteiger partial charge in [-0.15, -0.1) is 0 Å². The number of carbonyl (C=O) groups is 1. The fourth-order valence-corrected chi connectivity index (χ4v) is 1.85. The van der Waals surface area contributed by atoms with Crippen LogP contribution in [-0.4, -0.2) is 42.2 Å². The highest BCUT2D eigenvalue weighted by molar-refractivity contribution is 5.72. The highest BCUT2D eigenvalue weighted by atomic mass is 16.3. The van der Waals surface area contributed by atoms with Crippen molar-refractivity contribution in [3.8, 4) is 5.75 Å². The summed E-state index contributed by atoms with van der Waals surface area (Å²) < 4.78 is 0. The maximum atomic E-state index is 10.9. The largest absolute Gasteiger partial charge is 0.508 e. The van der Waals surface area contributed by atoms with Crippen LogP contribution in [0, 0.1) is 0 Å². The topological polar surface area (TPSA) is 69.8 Å². The summed E-state index contributed by atoms with van der Waals surface area (Å²) in [6.45, 7) is 2.84. The molecule has 1 heterocycles. The Labute approximate surface area is 94.1 Å². The Hall–Kier alpha value is -1.91. The molecule has 1 aromatic carbocycles. The van der Waals surface area contributed by atoms with E-state index in [1.165, 1.54) is 0 Å². The van der Waals surface area contributed by atoms with Gasteiger partial charge in [0.25, 0.3) is 0 Å². The summed E-state index contributed by atoms with van der Waals surface area (Å²) in [4.78, 5) is 14.7. The van der Waals surface area contributed by atoms with E-state index in [1.54, 1.807) is 17.0 Å². The van der Waals surface area contributed by atoms with Crippen LogP contribution in [0.1, 0.15) is 0 Å². The van der Waals surface area contributed by atoms with Crippen LogP contribution in [0.3, 0.4) is 0 Å². The van der Waals surface area contributed by atoms with E-state index in [2.05, 4.69) is 4.90 Å². The van der Waals surface area contributed by atoms with Gasteiger partial charge >= 0.3 is 6.03 Å². The minimum atomic E-state index is -0.356. The van der Waals surface area contributed by atoms with E-state index >= 15 is 0 Å². The van der Waals surface area contributed by atoms with Crippen LogP contribution in [0.25, 0.3) is 0 Å². The number of urea groups is 1. The number of benzene rings is 1. The molecule has 1 fully saturated rings. The Morgan fingerprint density at radius 1 is 1.12 bits per heavy atom. The van der Waals surface area contributed by atoms with Gasteiger partial charge in [0.2, 0.25) is 0 Å². The van der Waals surface area contributed by atoms with Crippen LogP contribution in [0.15, 0.2) is 24.3 Å². The monoisotopic (exact) mass is 221 g/mol. The van der Waals surface area contributed by atoms with Crippen molar-refractivity contribution < 1.29 is 9.90 Å². The van der Waals surface area contributed by atoms with Gasteiger partial charge in [-0.25, -0.2) is 4.79 Å². The minimum absolute atomic E-state index is 0.263. The predicted octanol–water partition coefficient (Wildman–Crippen LogP) is 0.593. The third kappa shape index (κ3) is 2.18. The zero-order valence-electron chi connectivity index (χ0n) is 8.97. The third-order valence-electron chi connectivity index (χ3n) is 2.81. The Kier molecular flexibility index (Phi) is 2.85. The number of phenolic OH excluding ortho intramolecular Hbond substituents is 1. The Bertz CT molecular complexity index is 369. The number of aromatic hydroxyl groups is 1. The second-order valence-electron chi connectivity index (χ2n) is 3.83. The second-order valence-corrected chi connectivity index (χ2v) is 3.83. The number of carbonyl (C=O) groups excluding carboxylic acids is 1. The number of phenols is 1. The number of amides is 2. The van der Waals surface area contributed by atoms with Crippen molar-refractivity contribution in [1.82, 2.24) is 4.90 Å². The van der Waals surface area contributed by atoms with Gasteiger partial charge in [-0.05, 0) is 24.3 Å². The van der Waals surface area contributed by atoms with Gasteiger partial charge in [0.1, 0.15) is 5.75 Å². The summed E-state index contributed by atoms with van der Waals surface area (Å²) in [6.07, 6.45) is 0. The highest BCUT2D eigenvalue weighted by Crippen LogP contribution is 2.19. The molecule has 0 unspecified atom stereocenters. The van der Waals surface area contributed by atoms with Crippen molar-refractivity contribution in [1.29, 1.82) is 0 Å². The maximum absolute atomic E-state index is 10.9. The molecule has 5 nitrogen and oxygen atoms in total. The molecule has 0 saturated carbocycles. The molecule has 1 aliphatic heterocycles. The van der Waals surface area contributed by atoms with Crippen molar-refractivity contribution in [3.63, 3.8) is 0 Å².